The number of halogens is 2. The Balaban J connectivity index is 0.00000132. The van der Waals surface area contributed by atoms with E-state index < -0.39 is 0 Å². The number of nitrogens with zero attached hydrogens (tertiary/aromatic N) is 2. The van der Waals surface area contributed by atoms with Crippen molar-refractivity contribution in [1.82, 2.24) is 10.2 Å². The molecule has 2 aliphatic rings. The monoisotopic (exact) mass is 377 g/mol. The van der Waals surface area contributed by atoms with Crippen LogP contribution >= 0.6 is 36.6 Å². The second-order valence-electron chi connectivity index (χ2n) is 5.84. The van der Waals surface area contributed by atoms with E-state index in [1.165, 1.54) is 5.56 Å². The Hall–Kier alpha value is -0.460. The summed E-state index contributed by atoms with van der Waals surface area (Å²) in [6.07, 6.45) is 0.602. The summed E-state index contributed by atoms with van der Waals surface area (Å²) in [5.41, 5.74) is 2.34. The van der Waals surface area contributed by atoms with E-state index in [-0.39, 0.29) is 30.7 Å². The van der Waals surface area contributed by atoms with Crippen LogP contribution in [-0.2, 0) is 11.3 Å². The summed E-state index contributed by atoms with van der Waals surface area (Å²) >= 11 is 1.94. The van der Waals surface area contributed by atoms with Gasteiger partial charge in [-0.2, -0.15) is 11.8 Å². The maximum atomic E-state index is 12.7. The smallest absolute Gasteiger partial charge is 0.228 e. The van der Waals surface area contributed by atoms with Crippen LogP contribution < -0.4 is 10.2 Å². The predicted octanol–water partition coefficient (Wildman–Crippen LogP) is 2.40. The molecule has 1 atom stereocenters. The van der Waals surface area contributed by atoms with Gasteiger partial charge in [0.25, 0.3) is 0 Å². The molecular formula is C16H25Cl2N3OS. The van der Waals surface area contributed by atoms with Gasteiger partial charge in [-0.15, -0.1) is 24.8 Å². The fraction of sp³-hybridized carbons (Fsp3) is 0.562. The number of anilines is 1. The van der Waals surface area contributed by atoms with Gasteiger partial charge in [-0.05, 0) is 18.7 Å². The molecule has 1 amide bonds. The summed E-state index contributed by atoms with van der Waals surface area (Å²) < 4.78 is 0. The molecule has 0 spiro atoms. The van der Waals surface area contributed by atoms with Crippen LogP contribution in [0.2, 0.25) is 0 Å². The van der Waals surface area contributed by atoms with Gasteiger partial charge < -0.3 is 15.1 Å². The van der Waals surface area contributed by atoms with Crippen LogP contribution in [0.15, 0.2) is 24.3 Å². The third-order valence-electron chi connectivity index (χ3n) is 4.15. The molecule has 1 saturated heterocycles. The number of fused-ring (bicyclic) bond motifs is 1. The number of likely N-dealkylation sites (N-methyl/N-ethyl adjacent to an activating group) is 1. The lowest BCUT2D eigenvalue weighted by atomic mass is 10.1. The Kier molecular flexibility index (Phi) is 8.72. The summed E-state index contributed by atoms with van der Waals surface area (Å²) in [5.74, 6) is 2.45. The van der Waals surface area contributed by atoms with E-state index in [1.807, 2.05) is 22.7 Å². The van der Waals surface area contributed by atoms with Crippen molar-refractivity contribution in [3.8, 4) is 0 Å². The molecule has 1 N–H and O–H groups in total. The fourth-order valence-electron chi connectivity index (χ4n) is 3.00. The highest BCUT2D eigenvalue weighted by Crippen LogP contribution is 2.25. The van der Waals surface area contributed by atoms with Gasteiger partial charge in [0.05, 0.1) is 0 Å². The first-order valence-corrected chi connectivity index (χ1v) is 8.77. The lowest BCUT2D eigenvalue weighted by molar-refractivity contribution is -0.119. The van der Waals surface area contributed by atoms with Crippen LogP contribution in [0.3, 0.4) is 0 Å². The minimum Gasteiger partial charge on any atom is -0.312 e. The van der Waals surface area contributed by atoms with E-state index >= 15 is 0 Å². The molecule has 23 heavy (non-hydrogen) atoms. The van der Waals surface area contributed by atoms with Gasteiger partial charge in [-0.3, -0.25) is 4.79 Å². The molecule has 0 radical (unpaired) electrons. The Labute approximate surface area is 155 Å². The second kappa shape index (κ2) is 9.74. The summed E-state index contributed by atoms with van der Waals surface area (Å²) in [7, 11) is 2.12. The van der Waals surface area contributed by atoms with Gasteiger partial charge in [0.2, 0.25) is 5.91 Å². The molecule has 0 aromatic heterocycles. The topological polar surface area (TPSA) is 35.6 Å². The number of hydrogen-bond donors (Lipinski definition) is 1. The summed E-state index contributed by atoms with van der Waals surface area (Å²) in [6.45, 7) is 3.64. The highest BCUT2D eigenvalue weighted by Gasteiger charge is 2.25. The largest absolute Gasteiger partial charge is 0.312 e. The molecule has 2 heterocycles. The first-order chi connectivity index (χ1) is 10.2. The molecule has 1 aromatic rings. The first-order valence-electron chi connectivity index (χ1n) is 7.62. The SMILES string of the molecule is CN1CCN(C(=O)CC2CSCCN2)c2ccccc2C1.Cl.Cl. The van der Waals surface area contributed by atoms with Crippen LogP contribution in [0.1, 0.15) is 12.0 Å². The van der Waals surface area contributed by atoms with Gasteiger partial charge in [0, 0.05) is 55.8 Å². The molecule has 0 saturated carbocycles. The Morgan fingerprint density at radius 2 is 2.09 bits per heavy atom. The molecule has 1 aromatic carbocycles. The van der Waals surface area contributed by atoms with E-state index in [0.29, 0.717) is 12.5 Å². The molecule has 2 aliphatic heterocycles. The van der Waals surface area contributed by atoms with Crippen molar-refractivity contribution in [2.75, 3.05) is 43.1 Å². The van der Waals surface area contributed by atoms with Crippen molar-refractivity contribution in [1.29, 1.82) is 0 Å². The number of benzene rings is 1. The third-order valence-corrected chi connectivity index (χ3v) is 5.28. The molecule has 0 aliphatic carbocycles. The van der Waals surface area contributed by atoms with Gasteiger partial charge in [0.1, 0.15) is 0 Å². The van der Waals surface area contributed by atoms with Crippen LogP contribution in [0, 0.1) is 0 Å². The van der Waals surface area contributed by atoms with Crippen molar-refractivity contribution < 1.29 is 4.79 Å². The summed E-state index contributed by atoms with van der Waals surface area (Å²) in [6, 6.07) is 8.62. The maximum Gasteiger partial charge on any atom is 0.228 e. The van der Waals surface area contributed by atoms with Gasteiger partial charge in [-0.25, -0.2) is 0 Å². The van der Waals surface area contributed by atoms with E-state index in [2.05, 4.69) is 35.5 Å². The van der Waals surface area contributed by atoms with E-state index in [9.17, 15) is 4.79 Å². The van der Waals surface area contributed by atoms with E-state index in [0.717, 1.165) is 43.4 Å². The quantitative estimate of drug-likeness (QED) is 0.858. The number of nitrogens with one attached hydrogen (secondary N) is 1. The van der Waals surface area contributed by atoms with Crippen molar-refractivity contribution >= 4 is 48.2 Å². The van der Waals surface area contributed by atoms with Crippen LogP contribution in [0.5, 0.6) is 0 Å². The lowest BCUT2D eigenvalue weighted by Crippen LogP contribution is -2.43. The average molecular weight is 378 g/mol. The van der Waals surface area contributed by atoms with Gasteiger partial charge in [-0.1, -0.05) is 18.2 Å². The highest BCUT2D eigenvalue weighted by molar-refractivity contribution is 7.99. The molecule has 3 rings (SSSR count). The maximum absolute atomic E-state index is 12.7. The van der Waals surface area contributed by atoms with E-state index in [4.69, 9.17) is 0 Å². The number of carbonyl (C=O) groups is 1. The van der Waals surface area contributed by atoms with E-state index in [1.54, 1.807) is 0 Å². The second-order valence-corrected chi connectivity index (χ2v) is 6.99. The fourth-order valence-corrected chi connectivity index (χ4v) is 3.95. The molecule has 1 unspecified atom stereocenters. The molecule has 0 bridgehead atoms. The van der Waals surface area contributed by atoms with Crippen LogP contribution in [0.4, 0.5) is 5.69 Å². The molecule has 4 nitrogen and oxygen atoms in total. The minimum absolute atomic E-state index is 0. The van der Waals surface area contributed by atoms with Crippen molar-refractivity contribution in [3.05, 3.63) is 29.8 Å². The molecule has 1 fully saturated rings. The Morgan fingerprint density at radius 3 is 2.83 bits per heavy atom. The normalized spacial score (nSPS) is 21.4. The van der Waals surface area contributed by atoms with Crippen LogP contribution in [0.25, 0.3) is 0 Å². The zero-order chi connectivity index (χ0) is 14.7. The lowest BCUT2D eigenvalue weighted by Gasteiger charge is -2.27. The summed E-state index contributed by atoms with van der Waals surface area (Å²) in [5, 5.41) is 3.46. The van der Waals surface area contributed by atoms with Gasteiger partial charge >= 0.3 is 0 Å². The Bertz CT molecular complexity index is 512. The number of rotatable bonds is 2. The van der Waals surface area contributed by atoms with Crippen molar-refractivity contribution in [2.45, 2.75) is 19.0 Å². The zero-order valence-corrected chi connectivity index (χ0v) is 15.8. The zero-order valence-electron chi connectivity index (χ0n) is 13.4. The number of amides is 1. The predicted molar refractivity (Wildman–Crippen MR) is 103 cm³/mol. The Morgan fingerprint density at radius 1 is 1.30 bits per heavy atom. The summed E-state index contributed by atoms with van der Waals surface area (Å²) in [4.78, 5) is 17.0. The number of para-hydroxylation sites is 1. The molecular weight excluding hydrogens is 353 g/mol. The first kappa shape index (κ1) is 20.6. The molecule has 130 valence electrons. The molecule has 7 heteroatoms. The minimum atomic E-state index is 0. The third kappa shape index (κ3) is 5.26. The van der Waals surface area contributed by atoms with Crippen molar-refractivity contribution in [2.24, 2.45) is 0 Å². The van der Waals surface area contributed by atoms with Crippen molar-refractivity contribution in [3.63, 3.8) is 0 Å². The number of hydrogen-bond acceptors (Lipinski definition) is 4. The number of carbonyl (C=O) groups excluding carboxylic acids is 1. The standard InChI is InChI=1S/C16H23N3OS.2ClH/c1-18-7-8-19(15-5-3-2-4-13(15)11-18)16(20)10-14-12-21-9-6-17-14;;/h2-5,14,17H,6-12H2,1H3;2*1H. The van der Waals surface area contributed by atoms with Gasteiger partial charge in [0.15, 0.2) is 0 Å². The number of thioether (sulfide) groups is 1. The van der Waals surface area contributed by atoms with Crippen LogP contribution in [-0.4, -0.2) is 55.0 Å². The highest BCUT2D eigenvalue weighted by atomic mass is 35.5. The average Bonchev–Trinajstić information content (AvgIpc) is 2.66.